The summed E-state index contributed by atoms with van der Waals surface area (Å²) in [5.41, 5.74) is 1.69. The number of carbonyl (C=O) groups is 2. The third kappa shape index (κ3) is 4.23. The molecule has 1 aliphatic rings. The Morgan fingerprint density at radius 1 is 1.31 bits per heavy atom. The summed E-state index contributed by atoms with van der Waals surface area (Å²) < 4.78 is 6.53. The zero-order chi connectivity index (χ0) is 18.5. The van der Waals surface area contributed by atoms with Crippen molar-refractivity contribution in [1.29, 1.82) is 0 Å². The first kappa shape index (κ1) is 18.4. The van der Waals surface area contributed by atoms with E-state index in [0.717, 1.165) is 12.0 Å². The molecule has 0 fully saturated rings. The Labute approximate surface area is 156 Å². The number of benzene rings is 1. The van der Waals surface area contributed by atoms with E-state index in [0.29, 0.717) is 43.5 Å². The first-order valence-electron chi connectivity index (χ1n) is 8.47. The molecule has 0 saturated heterocycles. The number of carbonyl (C=O) groups excluding carboxylic acids is 2. The molecule has 1 aromatic carbocycles. The average molecular weight is 377 g/mol. The highest BCUT2D eigenvalue weighted by Gasteiger charge is 2.26. The fraction of sp³-hybridized carbons (Fsp3) is 0.389. The lowest BCUT2D eigenvalue weighted by molar-refractivity contribution is 0.0745. The van der Waals surface area contributed by atoms with Crippen LogP contribution in [0.2, 0.25) is 5.02 Å². The maximum absolute atomic E-state index is 12.9. The highest BCUT2D eigenvalue weighted by Crippen LogP contribution is 2.18. The maximum Gasteiger partial charge on any atom is 0.272 e. The van der Waals surface area contributed by atoms with Gasteiger partial charge in [-0.05, 0) is 24.1 Å². The highest BCUT2D eigenvalue weighted by atomic mass is 35.5. The number of ether oxygens (including phenoxy) is 1. The van der Waals surface area contributed by atoms with Crippen LogP contribution < -0.4 is 5.32 Å². The molecule has 8 heteroatoms. The van der Waals surface area contributed by atoms with Gasteiger partial charge in [0.15, 0.2) is 5.69 Å². The quantitative estimate of drug-likeness (QED) is 0.782. The SMILES string of the molecule is COCCNC(=O)c1cc2n(n1)CCCN(Cc1ccc(Cl)cc1)C2=O. The number of aromatic nitrogens is 2. The topological polar surface area (TPSA) is 76.5 Å². The van der Waals surface area contributed by atoms with Crippen LogP contribution in [0.4, 0.5) is 0 Å². The Balaban J connectivity index is 1.74. The van der Waals surface area contributed by atoms with Gasteiger partial charge in [0.2, 0.25) is 0 Å². The third-order valence-corrected chi connectivity index (χ3v) is 4.45. The second-order valence-corrected chi connectivity index (χ2v) is 6.53. The molecule has 138 valence electrons. The van der Waals surface area contributed by atoms with Crippen LogP contribution in [-0.4, -0.2) is 53.3 Å². The van der Waals surface area contributed by atoms with Crippen LogP contribution in [-0.2, 0) is 17.8 Å². The number of halogens is 1. The Hall–Kier alpha value is -2.38. The van der Waals surface area contributed by atoms with Gasteiger partial charge in [0.1, 0.15) is 5.69 Å². The number of hydrogen-bond acceptors (Lipinski definition) is 4. The molecular formula is C18H21ClN4O3. The Morgan fingerprint density at radius 3 is 2.81 bits per heavy atom. The monoisotopic (exact) mass is 376 g/mol. The largest absolute Gasteiger partial charge is 0.383 e. The van der Waals surface area contributed by atoms with Gasteiger partial charge in [-0.3, -0.25) is 14.3 Å². The number of methoxy groups -OCH3 is 1. The zero-order valence-electron chi connectivity index (χ0n) is 14.6. The standard InChI is InChI=1S/C18H21ClN4O3/c1-26-10-7-20-17(24)15-11-16-18(25)22(8-2-9-23(16)21-15)12-13-3-5-14(19)6-4-13/h3-6,11H,2,7-10,12H2,1H3,(H,20,24). The van der Waals surface area contributed by atoms with Gasteiger partial charge < -0.3 is 15.0 Å². The summed E-state index contributed by atoms with van der Waals surface area (Å²) >= 11 is 5.92. The van der Waals surface area contributed by atoms with Crippen LogP contribution in [0.3, 0.4) is 0 Å². The van der Waals surface area contributed by atoms with Gasteiger partial charge in [0.05, 0.1) is 6.61 Å². The lowest BCUT2D eigenvalue weighted by atomic mass is 10.2. The molecule has 1 aromatic heterocycles. The molecule has 2 aromatic rings. The summed E-state index contributed by atoms with van der Waals surface area (Å²) in [5, 5.41) is 7.68. The number of rotatable bonds is 6. The van der Waals surface area contributed by atoms with Crippen molar-refractivity contribution in [2.45, 2.75) is 19.5 Å². The van der Waals surface area contributed by atoms with Crippen LogP contribution in [0.5, 0.6) is 0 Å². The summed E-state index contributed by atoms with van der Waals surface area (Å²) in [5.74, 6) is -0.430. The molecule has 0 saturated carbocycles. The number of fused-ring (bicyclic) bond motifs is 1. The molecule has 0 aliphatic carbocycles. The average Bonchev–Trinajstić information content (AvgIpc) is 3.00. The zero-order valence-corrected chi connectivity index (χ0v) is 15.3. The fourth-order valence-electron chi connectivity index (χ4n) is 2.86. The number of hydrogen-bond donors (Lipinski definition) is 1. The molecule has 0 radical (unpaired) electrons. The molecule has 2 amide bonds. The van der Waals surface area contributed by atoms with Gasteiger partial charge in [-0.25, -0.2) is 0 Å². The number of nitrogens with one attached hydrogen (secondary N) is 1. The Bertz CT molecular complexity index is 788. The number of nitrogens with zero attached hydrogens (tertiary/aromatic N) is 3. The fourth-order valence-corrected chi connectivity index (χ4v) is 2.99. The van der Waals surface area contributed by atoms with E-state index in [4.69, 9.17) is 16.3 Å². The highest BCUT2D eigenvalue weighted by molar-refractivity contribution is 6.30. The summed E-state index contributed by atoms with van der Waals surface area (Å²) in [7, 11) is 1.57. The molecule has 1 aliphatic heterocycles. The predicted octanol–water partition coefficient (Wildman–Crippen LogP) is 1.96. The first-order valence-corrected chi connectivity index (χ1v) is 8.85. The second kappa shape index (κ2) is 8.33. The molecule has 0 unspecified atom stereocenters. The van der Waals surface area contributed by atoms with E-state index in [1.54, 1.807) is 22.8 Å². The lowest BCUT2D eigenvalue weighted by Gasteiger charge is -2.20. The third-order valence-electron chi connectivity index (χ3n) is 4.20. The van der Waals surface area contributed by atoms with Crippen molar-refractivity contribution in [3.05, 3.63) is 52.3 Å². The first-order chi connectivity index (χ1) is 12.6. The maximum atomic E-state index is 12.9. The normalized spacial score (nSPS) is 14.1. The minimum atomic E-state index is -0.306. The minimum Gasteiger partial charge on any atom is -0.383 e. The van der Waals surface area contributed by atoms with Gasteiger partial charge in [-0.15, -0.1) is 0 Å². The lowest BCUT2D eigenvalue weighted by Crippen LogP contribution is -2.30. The molecule has 7 nitrogen and oxygen atoms in total. The van der Waals surface area contributed by atoms with E-state index < -0.39 is 0 Å². The molecule has 26 heavy (non-hydrogen) atoms. The van der Waals surface area contributed by atoms with Crippen LogP contribution in [0.1, 0.15) is 33.0 Å². The summed E-state index contributed by atoms with van der Waals surface area (Å²) in [6, 6.07) is 9.00. The summed E-state index contributed by atoms with van der Waals surface area (Å²) in [6.07, 6.45) is 0.777. The van der Waals surface area contributed by atoms with Crippen molar-refractivity contribution < 1.29 is 14.3 Å². The molecule has 0 bridgehead atoms. The summed E-state index contributed by atoms with van der Waals surface area (Å²) in [6.45, 7) is 2.56. The second-order valence-electron chi connectivity index (χ2n) is 6.09. The van der Waals surface area contributed by atoms with Crippen molar-refractivity contribution >= 4 is 23.4 Å². The molecule has 0 spiro atoms. The Morgan fingerprint density at radius 2 is 2.08 bits per heavy atom. The molecular weight excluding hydrogens is 356 g/mol. The van der Waals surface area contributed by atoms with Gasteiger partial charge in [0.25, 0.3) is 11.8 Å². The van der Waals surface area contributed by atoms with Gasteiger partial charge in [0, 0.05) is 44.4 Å². The van der Waals surface area contributed by atoms with Crippen molar-refractivity contribution in [1.82, 2.24) is 20.0 Å². The molecule has 3 rings (SSSR count). The van der Waals surface area contributed by atoms with Gasteiger partial charge >= 0.3 is 0 Å². The van der Waals surface area contributed by atoms with Crippen LogP contribution >= 0.6 is 11.6 Å². The number of amides is 2. The predicted molar refractivity (Wildman–Crippen MR) is 97.2 cm³/mol. The van der Waals surface area contributed by atoms with E-state index in [9.17, 15) is 9.59 Å². The van der Waals surface area contributed by atoms with Gasteiger partial charge in [-0.2, -0.15) is 5.10 Å². The minimum absolute atomic E-state index is 0.124. The molecule has 2 heterocycles. The van der Waals surface area contributed by atoms with Crippen LogP contribution in [0.15, 0.2) is 30.3 Å². The van der Waals surface area contributed by atoms with E-state index in [-0.39, 0.29) is 17.5 Å². The Kier molecular flexibility index (Phi) is 5.90. The smallest absolute Gasteiger partial charge is 0.272 e. The van der Waals surface area contributed by atoms with Crippen molar-refractivity contribution in [3.63, 3.8) is 0 Å². The molecule has 0 atom stereocenters. The van der Waals surface area contributed by atoms with Crippen LogP contribution in [0, 0.1) is 0 Å². The molecule has 1 N–H and O–H groups in total. The van der Waals surface area contributed by atoms with Gasteiger partial charge in [-0.1, -0.05) is 23.7 Å². The van der Waals surface area contributed by atoms with Crippen LogP contribution in [0.25, 0.3) is 0 Å². The summed E-state index contributed by atoms with van der Waals surface area (Å²) in [4.78, 5) is 26.8. The number of aryl methyl sites for hydroxylation is 1. The van der Waals surface area contributed by atoms with E-state index in [2.05, 4.69) is 10.4 Å². The van der Waals surface area contributed by atoms with E-state index in [1.165, 1.54) is 0 Å². The van der Waals surface area contributed by atoms with E-state index >= 15 is 0 Å². The van der Waals surface area contributed by atoms with Crippen molar-refractivity contribution in [2.24, 2.45) is 0 Å². The van der Waals surface area contributed by atoms with Crippen molar-refractivity contribution in [3.8, 4) is 0 Å². The van der Waals surface area contributed by atoms with E-state index in [1.807, 2.05) is 24.3 Å². The van der Waals surface area contributed by atoms with Crippen molar-refractivity contribution in [2.75, 3.05) is 26.8 Å².